The highest BCUT2D eigenvalue weighted by molar-refractivity contribution is 9.11. The summed E-state index contributed by atoms with van der Waals surface area (Å²) >= 11 is 11.2. The average molecular weight is 459 g/mol. The Balaban J connectivity index is 2.76. The second-order valence-electron chi connectivity index (χ2n) is 3.83. The molecule has 0 saturated heterocycles. The molecule has 0 unspecified atom stereocenters. The van der Waals surface area contributed by atoms with E-state index in [4.69, 9.17) is 4.18 Å². The topological polar surface area (TPSA) is 26.3 Å². The van der Waals surface area contributed by atoms with Crippen LogP contribution in [-0.2, 0) is 8.98 Å². The van der Waals surface area contributed by atoms with E-state index < -0.39 is 5.97 Å². The van der Waals surface area contributed by atoms with E-state index in [1.165, 1.54) is 0 Å². The molecule has 0 atom stereocenters. The number of carbonyl (C=O) groups excluding carboxylic acids is 1. The van der Waals surface area contributed by atoms with E-state index in [9.17, 15) is 4.79 Å². The first-order chi connectivity index (χ1) is 8.32. The number of hydrogen-bond donors (Lipinski definition) is 0. The lowest BCUT2D eigenvalue weighted by molar-refractivity contribution is -0.129. The lowest BCUT2D eigenvalue weighted by Crippen LogP contribution is -2.07. The van der Waals surface area contributed by atoms with Gasteiger partial charge in [-0.05, 0) is 49.9 Å². The largest absolute Gasteiger partial charge is 0.383 e. The Morgan fingerprint density at radius 1 is 1.28 bits per heavy atom. The molecule has 0 radical (unpaired) electrons. The van der Waals surface area contributed by atoms with Crippen molar-refractivity contribution in [1.29, 1.82) is 0 Å². The molecule has 6 heteroatoms. The van der Waals surface area contributed by atoms with Gasteiger partial charge in [0.1, 0.15) is 0 Å². The molecule has 0 amide bonds. The fraction of sp³-hybridized carbons (Fsp3) is 0.250. The molecule has 98 valence electrons. The van der Waals surface area contributed by atoms with E-state index >= 15 is 0 Å². The van der Waals surface area contributed by atoms with Crippen LogP contribution < -0.4 is 0 Å². The van der Waals surface area contributed by atoms with Crippen molar-refractivity contribution in [2.24, 2.45) is 5.92 Å². The SMILES string of the molecule is C=C(C(=O)OSc1c(Br)cc(Br)cc1Br)C(C)C. The molecule has 0 N–H and O–H groups in total. The van der Waals surface area contributed by atoms with Crippen molar-refractivity contribution < 1.29 is 8.98 Å². The minimum atomic E-state index is -0.392. The maximum atomic E-state index is 11.7. The van der Waals surface area contributed by atoms with Crippen molar-refractivity contribution in [1.82, 2.24) is 0 Å². The number of rotatable bonds is 4. The van der Waals surface area contributed by atoms with Crippen molar-refractivity contribution >= 4 is 65.8 Å². The highest BCUT2D eigenvalue weighted by Gasteiger charge is 2.16. The van der Waals surface area contributed by atoms with Crippen LogP contribution in [0.3, 0.4) is 0 Å². The van der Waals surface area contributed by atoms with Crippen molar-refractivity contribution in [2.75, 3.05) is 0 Å². The molecule has 0 saturated carbocycles. The Morgan fingerprint density at radius 3 is 2.22 bits per heavy atom. The van der Waals surface area contributed by atoms with Gasteiger partial charge in [-0.1, -0.05) is 36.4 Å². The first-order valence-electron chi connectivity index (χ1n) is 5.05. The molecular weight excluding hydrogens is 448 g/mol. The van der Waals surface area contributed by atoms with Crippen LogP contribution in [0, 0.1) is 5.92 Å². The van der Waals surface area contributed by atoms with E-state index in [1.807, 2.05) is 26.0 Å². The lowest BCUT2D eigenvalue weighted by Gasteiger charge is -2.10. The molecule has 0 aliphatic heterocycles. The van der Waals surface area contributed by atoms with Gasteiger partial charge in [0.2, 0.25) is 0 Å². The fourth-order valence-corrected chi connectivity index (χ4v) is 4.18. The molecule has 0 aromatic heterocycles. The van der Waals surface area contributed by atoms with Crippen molar-refractivity contribution in [3.63, 3.8) is 0 Å². The summed E-state index contributed by atoms with van der Waals surface area (Å²) in [6, 6.07) is 3.77. The van der Waals surface area contributed by atoms with Crippen LogP contribution in [0.5, 0.6) is 0 Å². The lowest BCUT2D eigenvalue weighted by atomic mass is 10.1. The third-order valence-electron chi connectivity index (χ3n) is 2.12. The van der Waals surface area contributed by atoms with Gasteiger partial charge in [-0.2, -0.15) is 0 Å². The number of hydrogen-bond acceptors (Lipinski definition) is 3. The van der Waals surface area contributed by atoms with E-state index in [1.54, 1.807) is 0 Å². The highest BCUT2D eigenvalue weighted by atomic mass is 79.9. The Kier molecular flexibility index (Phi) is 6.44. The number of benzene rings is 1. The van der Waals surface area contributed by atoms with Crippen LogP contribution in [0.2, 0.25) is 0 Å². The predicted octanol–water partition coefficient (Wildman–Crippen LogP) is 5.74. The molecule has 0 aliphatic rings. The molecule has 0 bridgehead atoms. The van der Waals surface area contributed by atoms with Crippen LogP contribution in [0.1, 0.15) is 13.8 Å². The average Bonchev–Trinajstić information content (AvgIpc) is 2.25. The zero-order valence-corrected chi connectivity index (χ0v) is 15.4. The summed E-state index contributed by atoms with van der Waals surface area (Å²) < 4.78 is 7.78. The van der Waals surface area contributed by atoms with Crippen LogP contribution in [0.15, 0.2) is 42.6 Å². The van der Waals surface area contributed by atoms with Crippen molar-refractivity contribution in [2.45, 2.75) is 18.7 Å². The van der Waals surface area contributed by atoms with Gasteiger partial charge in [0.05, 0.1) is 16.9 Å². The minimum absolute atomic E-state index is 0.0786. The summed E-state index contributed by atoms with van der Waals surface area (Å²) in [4.78, 5) is 12.5. The molecule has 0 aliphatic carbocycles. The smallest absolute Gasteiger partial charge is 0.346 e. The molecule has 1 aromatic carbocycles. The van der Waals surface area contributed by atoms with Crippen molar-refractivity contribution in [3.8, 4) is 0 Å². The quantitative estimate of drug-likeness (QED) is 0.425. The van der Waals surface area contributed by atoms with Gasteiger partial charge in [-0.15, -0.1) is 0 Å². The number of carbonyl (C=O) groups is 1. The van der Waals surface area contributed by atoms with Gasteiger partial charge in [0.25, 0.3) is 0 Å². The van der Waals surface area contributed by atoms with Crippen LogP contribution in [-0.4, -0.2) is 5.97 Å². The van der Waals surface area contributed by atoms with Gasteiger partial charge >= 0.3 is 5.97 Å². The van der Waals surface area contributed by atoms with Gasteiger partial charge in [0.15, 0.2) is 0 Å². The third kappa shape index (κ3) is 4.40. The summed E-state index contributed by atoms with van der Waals surface area (Å²) in [5.41, 5.74) is 0.465. The van der Waals surface area contributed by atoms with Crippen LogP contribution >= 0.6 is 59.8 Å². The Labute approximate surface area is 136 Å². The van der Waals surface area contributed by atoms with Crippen LogP contribution in [0.25, 0.3) is 0 Å². The molecule has 0 heterocycles. The Hall–Kier alpha value is 0.220. The molecule has 0 spiro atoms. The molecule has 0 fully saturated rings. The van der Waals surface area contributed by atoms with E-state index in [-0.39, 0.29) is 5.92 Å². The monoisotopic (exact) mass is 456 g/mol. The molecular formula is C12H11Br3O2S. The standard InChI is InChI=1S/C12H11Br3O2S/c1-6(2)7(3)12(16)17-18-11-9(14)4-8(13)5-10(11)15/h4-6H,3H2,1-2H3. The second-order valence-corrected chi connectivity index (χ2v) is 7.20. The maximum Gasteiger partial charge on any atom is 0.346 e. The third-order valence-corrected chi connectivity index (χ3v) is 5.20. The minimum Gasteiger partial charge on any atom is -0.383 e. The van der Waals surface area contributed by atoms with Gasteiger partial charge in [-0.25, -0.2) is 4.79 Å². The normalized spacial score (nSPS) is 10.6. The summed E-state index contributed by atoms with van der Waals surface area (Å²) in [5, 5.41) is 0. The van der Waals surface area contributed by atoms with Gasteiger partial charge in [0, 0.05) is 19.0 Å². The molecule has 1 rings (SSSR count). The summed E-state index contributed by atoms with van der Waals surface area (Å²) in [6.07, 6.45) is 0. The molecule has 2 nitrogen and oxygen atoms in total. The van der Waals surface area contributed by atoms with Crippen LogP contribution in [0.4, 0.5) is 0 Å². The first kappa shape index (κ1) is 16.3. The fourth-order valence-electron chi connectivity index (χ4n) is 0.977. The van der Waals surface area contributed by atoms with Crippen molar-refractivity contribution in [3.05, 3.63) is 37.7 Å². The van der Waals surface area contributed by atoms with Gasteiger partial charge < -0.3 is 4.18 Å². The zero-order valence-electron chi connectivity index (χ0n) is 9.80. The van der Waals surface area contributed by atoms with E-state index in [2.05, 4.69) is 54.4 Å². The van der Waals surface area contributed by atoms with E-state index in [0.29, 0.717) is 5.57 Å². The predicted molar refractivity (Wildman–Crippen MR) is 85.5 cm³/mol. The molecule has 1 aromatic rings. The summed E-state index contributed by atoms with van der Waals surface area (Å²) in [6.45, 7) is 7.51. The number of halogens is 3. The zero-order chi connectivity index (χ0) is 13.9. The summed E-state index contributed by atoms with van der Waals surface area (Å²) in [7, 11) is 0. The van der Waals surface area contributed by atoms with E-state index in [0.717, 1.165) is 30.4 Å². The maximum absolute atomic E-state index is 11.7. The second kappa shape index (κ2) is 7.12. The highest BCUT2D eigenvalue weighted by Crippen LogP contribution is 2.38. The Morgan fingerprint density at radius 2 is 1.78 bits per heavy atom. The first-order valence-corrected chi connectivity index (χ1v) is 8.17. The Bertz CT molecular complexity index is 463. The van der Waals surface area contributed by atoms with Gasteiger partial charge in [-0.3, -0.25) is 0 Å². The molecule has 18 heavy (non-hydrogen) atoms. The summed E-state index contributed by atoms with van der Waals surface area (Å²) in [5.74, 6) is -0.313.